The van der Waals surface area contributed by atoms with Gasteiger partial charge in [-0.2, -0.15) is 5.10 Å². The Bertz CT molecular complexity index is 1460. The number of nitrogens with one attached hydrogen (secondary N) is 2. The van der Waals surface area contributed by atoms with E-state index in [0.717, 1.165) is 24.6 Å². The minimum absolute atomic E-state index is 0. The number of nitrogens with zero attached hydrogens (tertiary/aromatic N) is 5. The Morgan fingerprint density at radius 1 is 1.18 bits per heavy atom. The van der Waals surface area contributed by atoms with Crippen LogP contribution in [-0.4, -0.2) is 63.3 Å². The largest absolute Gasteiger partial charge is 0.770 e. The number of sulfonamides is 1. The molecule has 2 aromatic carbocycles. The standard InChI is InChI=1S/C20H17N7O2S4.C2H4O2.Pb/c1-13-17(18(21)27(24-13)15-5-3-2-4-6-15)19(30)32-26-23-14-7-9-16(10-8-14)33(28,29)25-20-22-11-12-31-20;1-2(3)4;/h2-12,21,30H,1H3,(H,22,25);1H3,(H,3,4);/p-1/b19-17-,21-18?,26-23?;;. The molecule has 11 nitrogen and oxygen atoms in total. The second-order valence-electron chi connectivity index (χ2n) is 7.07. The van der Waals surface area contributed by atoms with Gasteiger partial charge in [-0.05, 0) is 43.3 Å². The van der Waals surface area contributed by atoms with Gasteiger partial charge in [0.05, 0.1) is 22.0 Å². The van der Waals surface area contributed by atoms with E-state index in [9.17, 15) is 8.42 Å². The molecule has 3 aromatic rings. The number of anilines is 2. The van der Waals surface area contributed by atoms with Crippen molar-refractivity contribution in [3.63, 3.8) is 0 Å². The molecular weight excluding hydrogens is 762 g/mol. The SMILES string of the molecule is CC(=O)O.CC1=NN(c2ccccc2)C(=N)/C1=C(/[S-])SN=Nc1ccc(S(=O)(=O)Nc2nccs2)cc1.[Pb]. The molecule has 0 saturated carbocycles. The van der Waals surface area contributed by atoms with Gasteiger partial charge in [0.15, 0.2) is 11.0 Å². The first kappa shape index (κ1) is 31.5. The molecule has 0 unspecified atom stereocenters. The molecule has 0 spiro atoms. The maximum atomic E-state index is 12.4. The van der Waals surface area contributed by atoms with Crippen molar-refractivity contribution in [3.05, 3.63) is 76.0 Å². The molecule has 0 bridgehead atoms. The van der Waals surface area contributed by atoms with Crippen LogP contribution in [0, 0.1) is 5.41 Å². The predicted molar refractivity (Wildman–Crippen MR) is 155 cm³/mol. The molecule has 38 heavy (non-hydrogen) atoms. The number of carbonyl (C=O) groups is 1. The fraction of sp³-hybridized carbons (Fsp3) is 0.0909. The third-order valence-corrected chi connectivity index (χ3v) is 7.48. The summed E-state index contributed by atoms with van der Waals surface area (Å²) in [7, 11) is -3.73. The first-order valence-electron chi connectivity index (χ1n) is 10.3. The number of thiazole rings is 1. The van der Waals surface area contributed by atoms with Gasteiger partial charge in [0, 0.05) is 63.3 Å². The number of amidine groups is 1. The van der Waals surface area contributed by atoms with Crippen LogP contribution in [0.3, 0.4) is 0 Å². The summed E-state index contributed by atoms with van der Waals surface area (Å²) in [4.78, 5) is 13.0. The fourth-order valence-electron chi connectivity index (χ4n) is 2.82. The average Bonchev–Trinajstić information content (AvgIpc) is 3.46. The molecule has 4 rings (SSSR count). The summed E-state index contributed by atoms with van der Waals surface area (Å²) in [5.74, 6) is -0.659. The maximum Gasteiger partial charge on any atom is 0.300 e. The third-order valence-electron chi connectivity index (χ3n) is 4.35. The Labute approximate surface area is 253 Å². The Kier molecular flexibility index (Phi) is 11.9. The number of para-hydroxylation sites is 1. The van der Waals surface area contributed by atoms with Crippen molar-refractivity contribution in [3.8, 4) is 0 Å². The van der Waals surface area contributed by atoms with Crippen LogP contribution >= 0.6 is 23.3 Å². The van der Waals surface area contributed by atoms with E-state index in [4.69, 9.17) is 27.9 Å². The topological polar surface area (TPSA) is 161 Å². The smallest absolute Gasteiger partial charge is 0.300 e. The number of carboxylic acids is 1. The molecule has 0 amide bonds. The van der Waals surface area contributed by atoms with Gasteiger partial charge in [0.25, 0.3) is 16.0 Å². The minimum Gasteiger partial charge on any atom is -0.770 e. The van der Waals surface area contributed by atoms with Crippen molar-refractivity contribution < 1.29 is 18.3 Å². The number of benzene rings is 2. The number of hydrazone groups is 1. The van der Waals surface area contributed by atoms with E-state index in [-0.39, 0.29) is 38.0 Å². The fourth-order valence-corrected chi connectivity index (χ4v) is 5.50. The van der Waals surface area contributed by atoms with Crippen molar-refractivity contribution in [2.75, 3.05) is 9.73 Å². The van der Waals surface area contributed by atoms with Gasteiger partial charge in [-0.15, -0.1) is 25.2 Å². The van der Waals surface area contributed by atoms with E-state index in [1.165, 1.54) is 46.8 Å². The van der Waals surface area contributed by atoms with Crippen LogP contribution in [-0.2, 0) is 27.4 Å². The second kappa shape index (κ2) is 14.4. The molecule has 0 atom stereocenters. The quantitative estimate of drug-likeness (QED) is 0.131. The molecule has 4 radical (unpaired) electrons. The summed E-state index contributed by atoms with van der Waals surface area (Å²) in [6.45, 7) is 2.87. The molecule has 0 saturated heterocycles. The molecule has 2 heterocycles. The monoisotopic (exact) mass is 782 g/mol. The summed E-state index contributed by atoms with van der Waals surface area (Å²) >= 11 is 7.59. The van der Waals surface area contributed by atoms with Gasteiger partial charge in [0.1, 0.15) is 0 Å². The zero-order valence-corrected chi connectivity index (χ0v) is 27.0. The molecule has 16 heteroatoms. The van der Waals surface area contributed by atoms with E-state index in [1.807, 2.05) is 30.3 Å². The van der Waals surface area contributed by atoms with Gasteiger partial charge in [-0.1, -0.05) is 18.2 Å². The van der Waals surface area contributed by atoms with E-state index in [1.54, 1.807) is 12.3 Å². The van der Waals surface area contributed by atoms with E-state index < -0.39 is 16.0 Å². The molecule has 1 aromatic heterocycles. The van der Waals surface area contributed by atoms with E-state index in [2.05, 4.69) is 24.4 Å². The normalized spacial score (nSPS) is 14.3. The maximum absolute atomic E-state index is 12.4. The van der Waals surface area contributed by atoms with E-state index in [0.29, 0.717) is 26.3 Å². The van der Waals surface area contributed by atoms with Crippen LogP contribution in [0.2, 0.25) is 0 Å². The summed E-state index contributed by atoms with van der Waals surface area (Å²) < 4.78 is 31.6. The van der Waals surface area contributed by atoms with Crippen molar-refractivity contribution in [1.29, 1.82) is 5.41 Å². The van der Waals surface area contributed by atoms with E-state index >= 15 is 0 Å². The minimum atomic E-state index is -3.73. The van der Waals surface area contributed by atoms with Crippen molar-refractivity contribution in [2.45, 2.75) is 18.7 Å². The van der Waals surface area contributed by atoms with Crippen molar-refractivity contribution in [1.82, 2.24) is 4.98 Å². The van der Waals surface area contributed by atoms with Gasteiger partial charge in [-0.3, -0.25) is 14.9 Å². The molecular formula is C22H20N7O4PbS4-. The molecule has 0 fully saturated rings. The molecule has 1 aliphatic rings. The number of aromatic nitrogens is 1. The van der Waals surface area contributed by atoms with Crippen molar-refractivity contribution >= 4 is 107 Å². The Balaban J connectivity index is 0.000000947. The van der Waals surface area contributed by atoms with Crippen LogP contribution < -0.4 is 9.73 Å². The number of hydrogen-bond donors (Lipinski definition) is 3. The number of hydrogen-bond acceptors (Lipinski definition) is 11. The van der Waals surface area contributed by atoms with Gasteiger partial charge in [0.2, 0.25) is 0 Å². The molecule has 196 valence electrons. The summed E-state index contributed by atoms with van der Waals surface area (Å²) in [5, 5.41) is 27.9. The number of rotatable bonds is 7. The summed E-state index contributed by atoms with van der Waals surface area (Å²) in [6, 6.07) is 15.3. The second-order valence-corrected chi connectivity index (χ2v) is 11.1. The first-order chi connectivity index (χ1) is 17.6. The zero-order valence-electron chi connectivity index (χ0n) is 19.9. The molecule has 0 aliphatic carbocycles. The van der Waals surface area contributed by atoms with Gasteiger partial charge >= 0.3 is 0 Å². The van der Waals surface area contributed by atoms with Crippen LogP contribution in [0.1, 0.15) is 13.8 Å². The molecule has 1 aliphatic heterocycles. The van der Waals surface area contributed by atoms with Gasteiger partial charge < -0.3 is 17.7 Å². The predicted octanol–water partition coefficient (Wildman–Crippen LogP) is 5.02. The Morgan fingerprint density at radius 3 is 2.39 bits per heavy atom. The van der Waals surface area contributed by atoms with Crippen molar-refractivity contribution in [2.24, 2.45) is 14.7 Å². The average molecular weight is 782 g/mol. The Morgan fingerprint density at radius 2 is 1.82 bits per heavy atom. The summed E-state index contributed by atoms with van der Waals surface area (Å²) in [6.07, 6.45) is 1.52. The van der Waals surface area contributed by atoms with Crippen LogP contribution in [0.15, 0.2) is 95.6 Å². The number of carboxylic acid groups (broad SMARTS) is 1. The van der Waals surface area contributed by atoms with Crippen LogP contribution in [0.25, 0.3) is 0 Å². The third kappa shape index (κ3) is 8.65. The summed E-state index contributed by atoms with van der Waals surface area (Å²) in [5.41, 5.74) is 2.37. The van der Waals surface area contributed by atoms with Crippen LogP contribution in [0.4, 0.5) is 16.5 Å². The zero-order chi connectivity index (χ0) is 27.0. The Hall–Kier alpha value is -2.74. The van der Waals surface area contributed by atoms with Gasteiger partial charge in [-0.25, -0.2) is 18.4 Å². The van der Waals surface area contributed by atoms with Crippen LogP contribution in [0.5, 0.6) is 0 Å². The number of aliphatic carboxylic acids is 1. The first-order valence-corrected chi connectivity index (χ1v) is 13.8. The molecule has 3 N–H and O–H groups in total.